The zero-order valence-corrected chi connectivity index (χ0v) is 12.4. The predicted molar refractivity (Wildman–Crippen MR) is 79.1 cm³/mol. The molecule has 2 unspecified atom stereocenters. The van der Waals surface area contributed by atoms with Crippen molar-refractivity contribution in [3.05, 3.63) is 24.3 Å². The molecule has 104 valence electrons. The number of hydrogen-bond acceptors (Lipinski definition) is 3. The van der Waals surface area contributed by atoms with Gasteiger partial charge in [0.15, 0.2) is 0 Å². The SMILES string of the molecule is C/C=C\C(C)N.CC.CCC(N)/C=C\COC. The minimum Gasteiger partial charge on any atom is -0.381 e. The van der Waals surface area contributed by atoms with Crippen LogP contribution in [0.1, 0.15) is 41.0 Å². The van der Waals surface area contributed by atoms with Gasteiger partial charge in [-0.2, -0.15) is 0 Å². The van der Waals surface area contributed by atoms with E-state index in [0.717, 1.165) is 6.42 Å². The first kappa shape index (κ1) is 21.6. The molecule has 4 N–H and O–H groups in total. The summed E-state index contributed by atoms with van der Waals surface area (Å²) in [5.41, 5.74) is 10.9. The van der Waals surface area contributed by atoms with Gasteiger partial charge in [0.25, 0.3) is 0 Å². The fraction of sp³-hybridized carbons (Fsp3) is 0.714. The first-order valence-electron chi connectivity index (χ1n) is 6.38. The summed E-state index contributed by atoms with van der Waals surface area (Å²) in [5, 5.41) is 0. The Morgan fingerprint density at radius 2 is 1.71 bits per heavy atom. The van der Waals surface area contributed by atoms with Crippen molar-refractivity contribution < 1.29 is 4.74 Å². The highest BCUT2D eigenvalue weighted by Gasteiger charge is 1.87. The zero-order valence-electron chi connectivity index (χ0n) is 12.4. The molecule has 0 aliphatic carbocycles. The maximum Gasteiger partial charge on any atom is 0.0644 e. The first-order chi connectivity index (χ1) is 8.08. The summed E-state index contributed by atoms with van der Waals surface area (Å²) in [6, 6.07) is 0.412. The van der Waals surface area contributed by atoms with Crippen molar-refractivity contribution in [2.75, 3.05) is 13.7 Å². The van der Waals surface area contributed by atoms with Crippen LogP contribution in [0, 0.1) is 0 Å². The molecule has 2 atom stereocenters. The lowest BCUT2D eigenvalue weighted by molar-refractivity contribution is 0.233. The molecule has 0 aromatic rings. The van der Waals surface area contributed by atoms with Gasteiger partial charge in [0.05, 0.1) is 6.61 Å². The van der Waals surface area contributed by atoms with Crippen LogP contribution in [0.3, 0.4) is 0 Å². The smallest absolute Gasteiger partial charge is 0.0644 e. The molecule has 0 aromatic carbocycles. The lowest BCUT2D eigenvalue weighted by atomic mass is 10.2. The van der Waals surface area contributed by atoms with Crippen molar-refractivity contribution in [3.63, 3.8) is 0 Å². The number of ether oxygens (including phenoxy) is 1. The Hall–Kier alpha value is -0.640. The lowest BCUT2D eigenvalue weighted by Gasteiger charge is -1.98. The third-order valence-electron chi connectivity index (χ3n) is 1.61. The second-order valence-corrected chi connectivity index (χ2v) is 3.34. The molecule has 17 heavy (non-hydrogen) atoms. The Bertz CT molecular complexity index is 166. The van der Waals surface area contributed by atoms with Crippen molar-refractivity contribution in [2.24, 2.45) is 11.5 Å². The minimum absolute atomic E-state index is 0.195. The molecule has 0 aliphatic rings. The summed E-state index contributed by atoms with van der Waals surface area (Å²) in [5.74, 6) is 0. The Labute approximate surface area is 108 Å². The van der Waals surface area contributed by atoms with Crippen LogP contribution in [-0.2, 0) is 4.74 Å². The van der Waals surface area contributed by atoms with E-state index < -0.39 is 0 Å². The Morgan fingerprint density at radius 1 is 1.18 bits per heavy atom. The minimum atomic E-state index is 0.195. The summed E-state index contributed by atoms with van der Waals surface area (Å²) in [4.78, 5) is 0. The monoisotopic (exact) mass is 244 g/mol. The molecule has 0 saturated heterocycles. The zero-order chi connectivity index (χ0) is 14.1. The van der Waals surface area contributed by atoms with Crippen LogP contribution in [0.25, 0.3) is 0 Å². The molecule has 0 aliphatic heterocycles. The van der Waals surface area contributed by atoms with E-state index >= 15 is 0 Å². The summed E-state index contributed by atoms with van der Waals surface area (Å²) < 4.78 is 4.79. The molecule has 0 aromatic heterocycles. The van der Waals surface area contributed by atoms with Gasteiger partial charge in [-0.25, -0.2) is 0 Å². The summed E-state index contributed by atoms with van der Waals surface area (Å²) in [6.07, 6.45) is 8.78. The van der Waals surface area contributed by atoms with Gasteiger partial charge in [0.2, 0.25) is 0 Å². The predicted octanol–water partition coefficient (Wildman–Crippen LogP) is 2.86. The van der Waals surface area contributed by atoms with Gasteiger partial charge in [-0.05, 0) is 20.3 Å². The molecule has 0 saturated carbocycles. The topological polar surface area (TPSA) is 61.3 Å². The normalized spacial score (nSPS) is 13.6. The van der Waals surface area contributed by atoms with Crippen molar-refractivity contribution in [1.82, 2.24) is 0 Å². The largest absolute Gasteiger partial charge is 0.381 e. The molecule has 0 fully saturated rings. The van der Waals surface area contributed by atoms with E-state index in [1.54, 1.807) is 7.11 Å². The Kier molecular flexibility index (Phi) is 26.4. The lowest BCUT2D eigenvalue weighted by Crippen LogP contribution is -2.14. The van der Waals surface area contributed by atoms with Gasteiger partial charge in [-0.1, -0.05) is 45.1 Å². The fourth-order valence-corrected chi connectivity index (χ4v) is 0.766. The molecule has 0 radical (unpaired) electrons. The fourth-order valence-electron chi connectivity index (χ4n) is 0.766. The number of rotatable bonds is 5. The third-order valence-corrected chi connectivity index (χ3v) is 1.61. The number of hydrogen-bond donors (Lipinski definition) is 2. The molecular weight excluding hydrogens is 212 g/mol. The van der Waals surface area contributed by atoms with Crippen molar-refractivity contribution >= 4 is 0 Å². The van der Waals surface area contributed by atoms with Gasteiger partial charge in [-0.3, -0.25) is 0 Å². The van der Waals surface area contributed by atoms with E-state index in [1.807, 2.05) is 52.0 Å². The second-order valence-electron chi connectivity index (χ2n) is 3.34. The van der Waals surface area contributed by atoms with E-state index in [2.05, 4.69) is 6.92 Å². The number of allylic oxidation sites excluding steroid dienone is 1. The van der Waals surface area contributed by atoms with Gasteiger partial charge in [0.1, 0.15) is 0 Å². The highest BCUT2D eigenvalue weighted by molar-refractivity contribution is 4.90. The van der Waals surface area contributed by atoms with Crippen molar-refractivity contribution in [2.45, 2.75) is 53.1 Å². The highest BCUT2D eigenvalue weighted by Crippen LogP contribution is 1.87. The van der Waals surface area contributed by atoms with Crippen LogP contribution in [0.2, 0.25) is 0 Å². The molecule has 0 rings (SSSR count). The van der Waals surface area contributed by atoms with Crippen molar-refractivity contribution in [3.8, 4) is 0 Å². The molecule has 3 nitrogen and oxygen atoms in total. The Morgan fingerprint density at radius 3 is 1.94 bits per heavy atom. The van der Waals surface area contributed by atoms with Crippen molar-refractivity contribution in [1.29, 1.82) is 0 Å². The highest BCUT2D eigenvalue weighted by atomic mass is 16.5. The number of nitrogens with two attached hydrogens (primary N) is 2. The maximum absolute atomic E-state index is 5.57. The third kappa shape index (κ3) is 31.3. The van der Waals surface area contributed by atoms with Crippen LogP contribution >= 0.6 is 0 Å². The molecule has 0 heterocycles. The summed E-state index contributed by atoms with van der Waals surface area (Å²) in [7, 11) is 1.67. The first-order valence-corrected chi connectivity index (χ1v) is 6.38. The average molecular weight is 244 g/mol. The van der Waals surface area contributed by atoms with E-state index in [9.17, 15) is 0 Å². The van der Waals surface area contributed by atoms with Crippen LogP contribution in [-0.4, -0.2) is 25.8 Å². The standard InChI is InChI=1S/C7H15NO.C5H11N.C2H6/c1-3-7(8)5-4-6-9-2;1-3-4-5(2)6;1-2/h4-5,7H,3,6,8H2,1-2H3;3-5H,6H2,1-2H3;1-2H3/b5-4-;4-3-;. The van der Waals surface area contributed by atoms with E-state index in [4.69, 9.17) is 16.2 Å². The molecule has 3 heteroatoms. The maximum atomic E-state index is 5.57. The van der Waals surface area contributed by atoms with Crippen LogP contribution in [0.4, 0.5) is 0 Å². The molecular formula is C14H32N2O. The van der Waals surface area contributed by atoms with Crippen LogP contribution in [0.5, 0.6) is 0 Å². The quantitative estimate of drug-likeness (QED) is 0.731. The molecule has 0 amide bonds. The van der Waals surface area contributed by atoms with Crippen LogP contribution < -0.4 is 11.5 Å². The molecule has 0 bridgehead atoms. The van der Waals surface area contributed by atoms with Gasteiger partial charge in [-0.15, -0.1) is 0 Å². The van der Waals surface area contributed by atoms with E-state index in [1.165, 1.54) is 0 Å². The molecule has 0 spiro atoms. The number of methoxy groups -OCH3 is 1. The van der Waals surface area contributed by atoms with Gasteiger partial charge < -0.3 is 16.2 Å². The summed E-state index contributed by atoms with van der Waals surface area (Å²) >= 11 is 0. The summed E-state index contributed by atoms with van der Waals surface area (Å²) in [6.45, 7) is 10.6. The second kappa shape index (κ2) is 20.7. The van der Waals surface area contributed by atoms with Gasteiger partial charge in [0, 0.05) is 19.2 Å². The van der Waals surface area contributed by atoms with E-state index in [0.29, 0.717) is 6.61 Å². The van der Waals surface area contributed by atoms with Gasteiger partial charge >= 0.3 is 0 Å². The van der Waals surface area contributed by atoms with Crippen LogP contribution in [0.15, 0.2) is 24.3 Å². The average Bonchev–Trinajstić information content (AvgIpc) is 2.32. The Balaban J connectivity index is -0.000000213. The van der Waals surface area contributed by atoms with E-state index in [-0.39, 0.29) is 12.1 Å².